The van der Waals surface area contributed by atoms with E-state index in [2.05, 4.69) is 15.5 Å². The molecule has 3 rings (SSSR count). The molecule has 2 N–H and O–H groups in total. The maximum atomic E-state index is 11.9. The van der Waals surface area contributed by atoms with Crippen LogP contribution in [0.15, 0.2) is 60.8 Å². The molecule has 0 saturated heterocycles. The molecule has 0 saturated carbocycles. The summed E-state index contributed by atoms with van der Waals surface area (Å²) >= 11 is 0. The lowest BCUT2D eigenvalue weighted by Crippen LogP contribution is -2.12. The molecule has 6 heteroatoms. The van der Waals surface area contributed by atoms with Crippen LogP contribution >= 0.6 is 0 Å². The van der Waals surface area contributed by atoms with Gasteiger partial charge in [-0.3, -0.25) is 9.89 Å². The van der Waals surface area contributed by atoms with Gasteiger partial charge in [0, 0.05) is 11.9 Å². The Morgan fingerprint density at radius 1 is 1.00 bits per heavy atom. The lowest BCUT2D eigenvalue weighted by Gasteiger charge is -2.08. The first-order valence-electron chi connectivity index (χ1n) is 7.56. The summed E-state index contributed by atoms with van der Waals surface area (Å²) in [5.74, 6) is 1.96. The molecule has 122 valence electrons. The van der Waals surface area contributed by atoms with Gasteiger partial charge in [-0.05, 0) is 61.5 Å². The molecule has 1 heterocycles. The molecule has 0 fully saturated rings. The molecule has 24 heavy (non-hydrogen) atoms. The van der Waals surface area contributed by atoms with Crippen LogP contribution in [0, 0.1) is 0 Å². The van der Waals surface area contributed by atoms with E-state index in [0.29, 0.717) is 29.5 Å². The number of aromatic amines is 1. The summed E-state index contributed by atoms with van der Waals surface area (Å²) in [5.41, 5.74) is 1.08. The van der Waals surface area contributed by atoms with E-state index in [9.17, 15) is 4.79 Å². The normalized spacial score (nSPS) is 10.2. The summed E-state index contributed by atoms with van der Waals surface area (Å²) in [5, 5.41) is 9.14. The smallest absolute Gasteiger partial charge is 0.273 e. The Labute approximate surface area is 139 Å². The minimum Gasteiger partial charge on any atom is -0.494 e. The zero-order valence-corrected chi connectivity index (χ0v) is 13.2. The van der Waals surface area contributed by atoms with Crippen molar-refractivity contribution in [2.75, 3.05) is 11.9 Å². The van der Waals surface area contributed by atoms with Crippen LogP contribution in [0.2, 0.25) is 0 Å². The van der Waals surface area contributed by atoms with Crippen LogP contribution in [-0.4, -0.2) is 22.7 Å². The van der Waals surface area contributed by atoms with Crippen LogP contribution in [0.25, 0.3) is 0 Å². The molecule has 1 amide bonds. The van der Waals surface area contributed by atoms with Gasteiger partial charge in [0.15, 0.2) is 0 Å². The highest BCUT2D eigenvalue weighted by Gasteiger charge is 2.07. The summed E-state index contributed by atoms with van der Waals surface area (Å²) in [4.78, 5) is 11.9. The largest absolute Gasteiger partial charge is 0.494 e. The molecule has 0 spiro atoms. The van der Waals surface area contributed by atoms with Crippen molar-refractivity contribution in [2.45, 2.75) is 6.92 Å². The third-order valence-electron chi connectivity index (χ3n) is 3.23. The molecular weight excluding hydrogens is 306 g/mol. The Kier molecular flexibility index (Phi) is 4.76. The molecule has 6 nitrogen and oxygen atoms in total. The Bertz CT molecular complexity index is 781. The zero-order valence-electron chi connectivity index (χ0n) is 13.2. The Morgan fingerprint density at radius 2 is 1.62 bits per heavy atom. The van der Waals surface area contributed by atoms with Crippen molar-refractivity contribution >= 4 is 11.6 Å². The number of amides is 1. The lowest BCUT2D eigenvalue weighted by molar-refractivity contribution is 0.102. The fourth-order valence-corrected chi connectivity index (χ4v) is 2.09. The number of carbonyl (C=O) groups is 1. The molecule has 3 aromatic rings. The number of hydrogen-bond acceptors (Lipinski definition) is 4. The van der Waals surface area contributed by atoms with E-state index < -0.39 is 0 Å². The Morgan fingerprint density at radius 3 is 2.21 bits per heavy atom. The highest BCUT2D eigenvalue weighted by Crippen LogP contribution is 2.25. The van der Waals surface area contributed by atoms with Crippen LogP contribution < -0.4 is 14.8 Å². The highest BCUT2D eigenvalue weighted by atomic mass is 16.5. The van der Waals surface area contributed by atoms with Crippen molar-refractivity contribution in [3.63, 3.8) is 0 Å². The first-order chi connectivity index (χ1) is 11.7. The molecular formula is C18H17N3O3. The molecule has 0 radical (unpaired) electrons. The minimum absolute atomic E-state index is 0.243. The second-order valence-corrected chi connectivity index (χ2v) is 4.96. The van der Waals surface area contributed by atoms with Crippen LogP contribution in [0.5, 0.6) is 17.2 Å². The first kappa shape index (κ1) is 15.6. The molecule has 0 unspecified atom stereocenters. The molecule has 0 aliphatic carbocycles. The van der Waals surface area contributed by atoms with Crippen molar-refractivity contribution in [3.05, 3.63) is 66.5 Å². The van der Waals surface area contributed by atoms with E-state index in [1.165, 1.54) is 6.20 Å². The molecule has 0 aliphatic rings. The number of ether oxygens (including phenoxy) is 2. The standard InChI is InChI=1S/C18H17N3O3/c1-2-23-14-7-9-16(10-8-14)24-15-5-3-13(4-6-15)20-18(22)17-11-12-19-21-17/h3-12H,2H2,1H3,(H,19,21)(H,20,22). The maximum Gasteiger partial charge on any atom is 0.273 e. The fourth-order valence-electron chi connectivity index (χ4n) is 2.09. The third-order valence-corrected chi connectivity index (χ3v) is 3.23. The number of aromatic nitrogens is 2. The maximum absolute atomic E-state index is 11.9. The summed E-state index contributed by atoms with van der Waals surface area (Å²) in [6.07, 6.45) is 1.53. The van der Waals surface area contributed by atoms with Crippen molar-refractivity contribution in [1.29, 1.82) is 0 Å². The van der Waals surface area contributed by atoms with Crippen LogP contribution in [0.3, 0.4) is 0 Å². The average molecular weight is 323 g/mol. The predicted molar refractivity (Wildman–Crippen MR) is 90.7 cm³/mol. The molecule has 0 atom stereocenters. The van der Waals surface area contributed by atoms with E-state index in [1.54, 1.807) is 30.3 Å². The van der Waals surface area contributed by atoms with E-state index >= 15 is 0 Å². The topological polar surface area (TPSA) is 76.2 Å². The van der Waals surface area contributed by atoms with Gasteiger partial charge >= 0.3 is 0 Å². The second-order valence-electron chi connectivity index (χ2n) is 4.96. The van der Waals surface area contributed by atoms with Crippen LogP contribution in [0.4, 0.5) is 5.69 Å². The van der Waals surface area contributed by atoms with Gasteiger partial charge in [-0.25, -0.2) is 0 Å². The summed E-state index contributed by atoms with van der Waals surface area (Å²) in [6.45, 7) is 2.57. The summed E-state index contributed by atoms with van der Waals surface area (Å²) < 4.78 is 11.2. The summed E-state index contributed by atoms with van der Waals surface area (Å²) in [6, 6.07) is 16.2. The monoisotopic (exact) mass is 323 g/mol. The third kappa shape index (κ3) is 3.92. The van der Waals surface area contributed by atoms with Gasteiger partial charge in [-0.2, -0.15) is 5.10 Å². The second kappa shape index (κ2) is 7.32. The SMILES string of the molecule is CCOc1ccc(Oc2ccc(NC(=O)c3ccn[nH]3)cc2)cc1. The molecule has 0 aliphatic heterocycles. The summed E-state index contributed by atoms with van der Waals surface area (Å²) in [7, 11) is 0. The fraction of sp³-hybridized carbons (Fsp3) is 0.111. The van der Waals surface area contributed by atoms with E-state index in [-0.39, 0.29) is 5.91 Å². The van der Waals surface area contributed by atoms with Crippen molar-refractivity contribution in [1.82, 2.24) is 10.2 Å². The van der Waals surface area contributed by atoms with Gasteiger partial charge in [0.05, 0.1) is 6.61 Å². The number of nitrogens with one attached hydrogen (secondary N) is 2. The Hall–Kier alpha value is -3.28. The number of H-pyrrole nitrogens is 1. The zero-order chi connectivity index (χ0) is 16.8. The van der Waals surface area contributed by atoms with Gasteiger partial charge < -0.3 is 14.8 Å². The van der Waals surface area contributed by atoms with E-state index in [4.69, 9.17) is 9.47 Å². The predicted octanol–water partition coefficient (Wildman–Crippen LogP) is 3.85. The first-order valence-corrected chi connectivity index (χ1v) is 7.56. The van der Waals surface area contributed by atoms with Gasteiger partial charge in [0.2, 0.25) is 0 Å². The van der Waals surface area contributed by atoms with Crippen molar-refractivity contribution < 1.29 is 14.3 Å². The Balaban J connectivity index is 1.61. The number of benzene rings is 2. The van der Waals surface area contributed by atoms with Crippen LogP contribution in [0.1, 0.15) is 17.4 Å². The average Bonchev–Trinajstić information content (AvgIpc) is 3.13. The van der Waals surface area contributed by atoms with Gasteiger partial charge in [-0.15, -0.1) is 0 Å². The number of anilines is 1. The van der Waals surface area contributed by atoms with Gasteiger partial charge in [0.25, 0.3) is 5.91 Å². The van der Waals surface area contributed by atoms with E-state index in [1.807, 2.05) is 31.2 Å². The number of carbonyl (C=O) groups excluding carboxylic acids is 1. The number of nitrogens with zero attached hydrogens (tertiary/aromatic N) is 1. The van der Waals surface area contributed by atoms with Crippen LogP contribution in [-0.2, 0) is 0 Å². The van der Waals surface area contributed by atoms with Gasteiger partial charge in [-0.1, -0.05) is 0 Å². The number of hydrogen-bond donors (Lipinski definition) is 2. The lowest BCUT2D eigenvalue weighted by atomic mass is 10.3. The molecule has 2 aromatic carbocycles. The number of rotatable bonds is 6. The molecule has 0 bridgehead atoms. The van der Waals surface area contributed by atoms with Gasteiger partial charge in [0.1, 0.15) is 22.9 Å². The van der Waals surface area contributed by atoms with E-state index in [0.717, 1.165) is 5.75 Å². The minimum atomic E-state index is -0.243. The van der Waals surface area contributed by atoms with Crippen molar-refractivity contribution in [2.24, 2.45) is 0 Å². The quantitative estimate of drug-likeness (QED) is 0.722. The highest BCUT2D eigenvalue weighted by molar-refractivity contribution is 6.02. The van der Waals surface area contributed by atoms with Crippen molar-refractivity contribution in [3.8, 4) is 17.2 Å². The molecule has 1 aromatic heterocycles.